The molecule has 1 aromatic rings. The highest BCUT2D eigenvalue weighted by molar-refractivity contribution is 7.10. The van der Waals surface area contributed by atoms with Gasteiger partial charge >= 0.3 is 0 Å². The highest BCUT2D eigenvalue weighted by atomic mass is 32.1. The van der Waals surface area contributed by atoms with Crippen molar-refractivity contribution in [3.63, 3.8) is 0 Å². The van der Waals surface area contributed by atoms with Gasteiger partial charge in [0.1, 0.15) is 0 Å². The molecule has 2 N–H and O–H groups in total. The second kappa shape index (κ2) is 6.20. The standard InChI is InChI=1S/C12H21NS/c1-3-5-7-10(4-2)12(13)11-8-6-9-14-11/h6,8-10,12H,3-5,7,13H2,1-2H3. The predicted molar refractivity (Wildman–Crippen MR) is 64.6 cm³/mol. The number of nitrogens with two attached hydrogens (primary N) is 1. The van der Waals surface area contributed by atoms with Gasteiger partial charge in [0.2, 0.25) is 0 Å². The van der Waals surface area contributed by atoms with Crippen LogP contribution in [0.2, 0.25) is 0 Å². The third-order valence-electron chi connectivity index (χ3n) is 2.83. The van der Waals surface area contributed by atoms with Crippen molar-refractivity contribution in [1.82, 2.24) is 0 Å². The number of hydrogen-bond donors (Lipinski definition) is 1. The second-order valence-electron chi connectivity index (χ2n) is 3.85. The van der Waals surface area contributed by atoms with Crippen LogP contribution >= 0.6 is 11.3 Å². The van der Waals surface area contributed by atoms with Crippen LogP contribution in [0.3, 0.4) is 0 Å². The van der Waals surface area contributed by atoms with E-state index in [1.807, 2.05) is 0 Å². The van der Waals surface area contributed by atoms with E-state index in [2.05, 4.69) is 31.4 Å². The second-order valence-corrected chi connectivity index (χ2v) is 4.83. The van der Waals surface area contributed by atoms with Crippen LogP contribution in [0.4, 0.5) is 0 Å². The minimum absolute atomic E-state index is 0.256. The molecule has 0 amide bonds. The quantitative estimate of drug-likeness (QED) is 0.757. The van der Waals surface area contributed by atoms with E-state index in [1.54, 1.807) is 11.3 Å². The normalized spacial score (nSPS) is 15.4. The highest BCUT2D eigenvalue weighted by Crippen LogP contribution is 2.29. The molecule has 0 aliphatic heterocycles. The Morgan fingerprint density at radius 2 is 2.21 bits per heavy atom. The van der Waals surface area contributed by atoms with Gasteiger partial charge in [0.25, 0.3) is 0 Å². The van der Waals surface area contributed by atoms with Crippen LogP contribution in [-0.2, 0) is 0 Å². The zero-order valence-corrected chi connectivity index (χ0v) is 10.0. The molecule has 0 bridgehead atoms. The van der Waals surface area contributed by atoms with E-state index in [4.69, 9.17) is 5.73 Å². The first kappa shape index (κ1) is 11.7. The van der Waals surface area contributed by atoms with Crippen molar-refractivity contribution in [2.75, 3.05) is 0 Å². The Morgan fingerprint density at radius 3 is 2.71 bits per heavy atom. The minimum Gasteiger partial charge on any atom is -0.323 e. The lowest BCUT2D eigenvalue weighted by Gasteiger charge is -2.21. The summed E-state index contributed by atoms with van der Waals surface area (Å²) in [6.07, 6.45) is 5.04. The molecular weight excluding hydrogens is 190 g/mol. The highest BCUT2D eigenvalue weighted by Gasteiger charge is 2.17. The van der Waals surface area contributed by atoms with Gasteiger partial charge in [-0.1, -0.05) is 39.2 Å². The first-order valence-corrected chi connectivity index (χ1v) is 6.46. The molecule has 14 heavy (non-hydrogen) atoms. The number of rotatable bonds is 6. The van der Waals surface area contributed by atoms with E-state index in [9.17, 15) is 0 Å². The fourth-order valence-electron chi connectivity index (χ4n) is 1.82. The van der Waals surface area contributed by atoms with Gasteiger partial charge in [-0.15, -0.1) is 11.3 Å². The summed E-state index contributed by atoms with van der Waals surface area (Å²) in [7, 11) is 0. The molecular formula is C12H21NS. The Balaban J connectivity index is 2.51. The molecule has 2 heteroatoms. The SMILES string of the molecule is CCCCC(CC)C(N)c1cccs1. The van der Waals surface area contributed by atoms with Gasteiger partial charge in [-0.05, 0) is 23.8 Å². The molecule has 0 aliphatic rings. The molecule has 1 heterocycles. The van der Waals surface area contributed by atoms with E-state index in [1.165, 1.54) is 30.6 Å². The van der Waals surface area contributed by atoms with Crippen LogP contribution < -0.4 is 5.73 Å². The van der Waals surface area contributed by atoms with E-state index in [0.29, 0.717) is 5.92 Å². The molecule has 2 unspecified atom stereocenters. The lowest BCUT2D eigenvalue weighted by Crippen LogP contribution is -2.19. The average molecular weight is 211 g/mol. The van der Waals surface area contributed by atoms with Crippen LogP contribution in [0.5, 0.6) is 0 Å². The van der Waals surface area contributed by atoms with Gasteiger partial charge in [0, 0.05) is 10.9 Å². The Labute approximate surface area is 91.3 Å². The molecule has 0 spiro atoms. The summed E-state index contributed by atoms with van der Waals surface area (Å²) >= 11 is 1.78. The van der Waals surface area contributed by atoms with E-state index in [0.717, 1.165) is 0 Å². The summed E-state index contributed by atoms with van der Waals surface area (Å²) in [5.41, 5.74) is 6.25. The van der Waals surface area contributed by atoms with E-state index in [-0.39, 0.29) is 6.04 Å². The fourth-order valence-corrected chi connectivity index (χ4v) is 2.64. The number of unbranched alkanes of at least 4 members (excludes halogenated alkanes) is 1. The topological polar surface area (TPSA) is 26.0 Å². The Bertz CT molecular complexity index is 230. The summed E-state index contributed by atoms with van der Waals surface area (Å²) < 4.78 is 0. The molecule has 0 saturated carbocycles. The Morgan fingerprint density at radius 1 is 1.43 bits per heavy atom. The molecule has 80 valence electrons. The first-order valence-electron chi connectivity index (χ1n) is 5.58. The van der Waals surface area contributed by atoms with Gasteiger partial charge < -0.3 is 5.73 Å². The third-order valence-corrected chi connectivity index (χ3v) is 3.81. The van der Waals surface area contributed by atoms with Gasteiger partial charge in [0.05, 0.1) is 0 Å². The molecule has 0 aromatic carbocycles. The fraction of sp³-hybridized carbons (Fsp3) is 0.667. The van der Waals surface area contributed by atoms with Gasteiger partial charge in [0.15, 0.2) is 0 Å². The van der Waals surface area contributed by atoms with Gasteiger partial charge in [-0.3, -0.25) is 0 Å². The number of thiophene rings is 1. The van der Waals surface area contributed by atoms with Gasteiger partial charge in [-0.25, -0.2) is 0 Å². The molecule has 0 saturated heterocycles. The summed E-state index contributed by atoms with van der Waals surface area (Å²) in [6.45, 7) is 4.48. The first-order chi connectivity index (χ1) is 6.79. The van der Waals surface area contributed by atoms with E-state index >= 15 is 0 Å². The maximum atomic E-state index is 6.25. The van der Waals surface area contributed by atoms with Crippen molar-refractivity contribution in [3.05, 3.63) is 22.4 Å². The monoisotopic (exact) mass is 211 g/mol. The van der Waals surface area contributed by atoms with Crippen molar-refractivity contribution < 1.29 is 0 Å². The zero-order chi connectivity index (χ0) is 10.4. The summed E-state index contributed by atoms with van der Waals surface area (Å²) in [6, 6.07) is 4.50. The molecule has 1 aromatic heterocycles. The average Bonchev–Trinajstić information content (AvgIpc) is 2.71. The largest absolute Gasteiger partial charge is 0.323 e. The van der Waals surface area contributed by atoms with Crippen LogP contribution in [0.1, 0.15) is 50.4 Å². The molecule has 0 aliphatic carbocycles. The van der Waals surface area contributed by atoms with Crippen molar-refractivity contribution in [3.8, 4) is 0 Å². The summed E-state index contributed by atoms with van der Waals surface area (Å²) in [5, 5.41) is 2.11. The molecule has 0 radical (unpaired) electrons. The summed E-state index contributed by atoms with van der Waals surface area (Å²) in [5.74, 6) is 0.661. The lowest BCUT2D eigenvalue weighted by molar-refractivity contribution is 0.382. The van der Waals surface area contributed by atoms with Crippen LogP contribution in [0.25, 0.3) is 0 Å². The lowest BCUT2D eigenvalue weighted by atomic mass is 9.91. The maximum Gasteiger partial charge on any atom is 0.0418 e. The van der Waals surface area contributed by atoms with Crippen molar-refractivity contribution in [2.24, 2.45) is 11.7 Å². The molecule has 0 fully saturated rings. The summed E-state index contributed by atoms with van der Waals surface area (Å²) in [4.78, 5) is 1.34. The van der Waals surface area contributed by atoms with Crippen molar-refractivity contribution in [2.45, 2.75) is 45.6 Å². The van der Waals surface area contributed by atoms with E-state index < -0.39 is 0 Å². The van der Waals surface area contributed by atoms with Crippen LogP contribution in [0.15, 0.2) is 17.5 Å². The van der Waals surface area contributed by atoms with Crippen LogP contribution in [-0.4, -0.2) is 0 Å². The number of hydrogen-bond acceptors (Lipinski definition) is 2. The van der Waals surface area contributed by atoms with Crippen LogP contribution in [0, 0.1) is 5.92 Å². The Kier molecular flexibility index (Phi) is 5.20. The molecule has 1 rings (SSSR count). The molecule has 1 nitrogen and oxygen atoms in total. The smallest absolute Gasteiger partial charge is 0.0418 e. The predicted octanol–water partition coefficient (Wildman–Crippen LogP) is 3.96. The van der Waals surface area contributed by atoms with Gasteiger partial charge in [-0.2, -0.15) is 0 Å². The minimum atomic E-state index is 0.256. The Hall–Kier alpha value is -0.340. The zero-order valence-electron chi connectivity index (χ0n) is 9.20. The van der Waals surface area contributed by atoms with Crippen molar-refractivity contribution in [1.29, 1.82) is 0 Å². The van der Waals surface area contributed by atoms with Crippen molar-refractivity contribution >= 4 is 11.3 Å². The third kappa shape index (κ3) is 3.10. The molecule has 2 atom stereocenters. The maximum absolute atomic E-state index is 6.25.